The molecule has 3 rings (SSSR count). The molecule has 1 N–H and O–H groups in total. The lowest BCUT2D eigenvalue weighted by Crippen LogP contribution is -2.49. The molecule has 5 heteroatoms. The van der Waals surface area contributed by atoms with Gasteiger partial charge in [0.25, 0.3) is 5.91 Å². The molecule has 0 aliphatic carbocycles. The predicted molar refractivity (Wildman–Crippen MR) is 89.9 cm³/mol. The number of rotatable bonds is 5. The first kappa shape index (κ1) is 15.9. The van der Waals surface area contributed by atoms with Gasteiger partial charge in [0.2, 0.25) is 0 Å². The lowest BCUT2D eigenvalue weighted by atomic mass is 10.1. The fraction of sp³-hybridized carbons (Fsp3) is 0.500. The first-order chi connectivity index (χ1) is 11.3. The zero-order valence-electron chi connectivity index (χ0n) is 13.6. The Bertz CT molecular complexity index is 585. The quantitative estimate of drug-likeness (QED) is 0.846. The second-order valence-corrected chi connectivity index (χ2v) is 5.95. The van der Waals surface area contributed by atoms with Crippen LogP contribution in [0.15, 0.2) is 35.9 Å². The number of carbonyl (C=O) groups excluding carboxylic acids is 1. The topological polar surface area (TPSA) is 50.8 Å². The van der Waals surface area contributed by atoms with Crippen LogP contribution >= 0.6 is 0 Å². The summed E-state index contributed by atoms with van der Waals surface area (Å²) in [5, 5.41) is 2.93. The molecule has 0 saturated carbocycles. The van der Waals surface area contributed by atoms with Crippen molar-refractivity contribution in [3.63, 3.8) is 0 Å². The Labute approximate surface area is 137 Å². The maximum absolute atomic E-state index is 12.3. The molecule has 0 unspecified atom stereocenters. The van der Waals surface area contributed by atoms with Gasteiger partial charge >= 0.3 is 0 Å². The molecule has 0 spiro atoms. The van der Waals surface area contributed by atoms with Crippen LogP contribution in [0, 0.1) is 0 Å². The number of fused-ring (bicyclic) bond motifs is 1. The number of nitrogens with one attached hydrogen (secondary N) is 1. The Morgan fingerprint density at radius 1 is 1.39 bits per heavy atom. The van der Waals surface area contributed by atoms with Crippen LogP contribution in [-0.2, 0) is 9.53 Å². The van der Waals surface area contributed by atoms with E-state index in [0.29, 0.717) is 19.7 Å². The molecule has 23 heavy (non-hydrogen) atoms. The van der Waals surface area contributed by atoms with E-state index in [1.807, 2.05) is 31.2 Å². The third-order valence-corrected chi connectivity index (χ3v) is 4.08. The fourth-order valence-electron chi connectivity index (χ4n) is 2.92. The highest BCUT2D eigenvalue weighted by molar-refractivity contribution is 5.83. The number of anilines is 1. The van der Waals surface area contributed by atoms with Crippen molar-refractivity contribution < 1.29 is 14.3 Å². The van der Waals surface area contributed by atoms with Crippen LogP contribution in [-0.4, -0.2) is 44.9 Å². The monoisotopic (exact) mass is 316 g/mol. The summed E-state index contributed by atoms with van der Waals surface area (Å²) in [6, 6.07) is 7.90. The van der Waals surface area contributed by atoms with Gasteiger partial charge in [-0.05, 0) is 30.5 Å². The van der Waals surface area contributed by atoms with Crippen molar-refractivity contribution in [2.24, 2.45) is 0 Å². The molecular weight excluding hydrogens is 292 g/mol. The summed E-state index contributed by atoms with van der Waals surface area (Å²) in [4.78, 5) is 14.5. The number of amides is 1. The van der Waals surface area contributed by atoms with E-state index >= 15 is 0 Å². The van der Waals surface area contributed by atoms with Gasteiger partial charge in [0, 0.05) is 13.1 Å². The van der Waals surface area contributed by atoms with Gasteiger partial charge in [-0.25, -0.2) is 0 Å². The third-order valence-electron chi connectivity index (χ3n) is 4.08. The van der Waals surface area contributed by atoms with Crippen LogP contribution in [0.25, 0.3) is 0 Å². The third kappa shape index (κ3) is 3.85. The summed E-state index contributed by atoms with van der Waals surface area (Å²) in [6.45, 7) is 5.53. The van der Waals surface area contributed by atoms with E-state index in [-0.39, 0.29) is 5.91 Å². The lowest BCUT2D eigenvalue weighted by molar-refractivity contribution is -0.127. The molecule has 0 bridgehead atoms. The second kappa shape index (κ2) is 7.51. The average molecular weight is 316 g/mol. The van der Waals surface area contributed by atoms with Gasteiger partial charge in [-0.15, -0.1) is 0 Å². The average Bonchev–Trinajstić information content (AvgIpc) is 2.60. The second-order valence-electron chi connectivity index (χ2n) is 5.95. The molecule has 1 aromatic rings. The standard InChI is InChI=1S/C18H24N2O3/c1-2-9-19-18(21)17-12-20(11-14-6-5-10-22-13-14)15-7-3-4-8-16(15)23-17/h3-4,6-8,17H,2,5,9-13H2,1H3,(H,19,21)/t17-/m0/s1. The van der Waals surface area contributed by atoms with Crippen LogP contribution < -0.4 is 15.0 Å². The van der Waals surface area contributed by atoms with E-state index in [0.717, 1.165) is 37.4 Å². The number of nitrogens with zero attached hydrogens (tertiary/aromatic N) is 1. The Kier molecular flexibility index (Phi) is 5.18. The summed E-state index contributed by atoms with van der Waals surface area (Å²) >= 11 is 0. The highest BCUT2D eigenvalue weighted by Gasteiger charge is 2.30. The highest BCUT2D eigenvalue weighted by atomic mass is 16.5. The van der Waals surface area contributed by atoms with Gasteiger partial charge in [-0.1, -0.05) is 25.1 Å². The van der Waals surface area contributed by atoms with Crippen molar-refractivity contribution in [1.29, 1.82) is 0 Å². The molecule has 2 aliphatic heterocycles. The number of carbonyl (C=O) groups is 1. The zero-order chi connectivity index (χ0) is 16.1. The van der Waals surface area contributed by atoms with Crippen molar-refractivity contribution >= 4 is 11.6 Å². The number of benzene rings is 1. The maximum Gasteiger partial charge on any atom is 0.262 e. The van der Waals surface area contributed by atoms with Crippen molar-refractivity contribution in [3.8, 4) is 5.75 Å². The van der Waals surface area contributed by atoms with Crippen molar-refractivity contribution in [2.45, 2.75) is 25.9 Å². The SMILES string of the molecule is CCCNC(=O)[C@@H]1CN(CC2=CCCOC2)c2ccccc2O1. The van der Waals surface area contributed by atoms with Crippen LogP contribution in [0.5, 0.6) is 5.75 Å². The van der Waals surface area contributed by atoms with Gasteiger partial charge in [0.15, 0.2) is 6.10 Å². The van der Waals surface area contributed by atoms with Crippen LogP contribution in [0.3, 0.4) is 0 Å². The number of ether oxygens (including phenoxy) is 2. The van der Waals surface area contributed by atoms with Crippen molar-refractivity contribution in [3.05, 3.63) is 35.9 Å². The van der Waals surface area contributed by atoms with E-state index in [1.165, 1.54) is 5.57 Å². The summed E-state index contributed by atoms with van der Waals surface area (Å²) in [7, 11) is 0. The number of hydrogen-bond acceptors (Lipinski definition) is 4. The normalized spacial score (nSPS) is 20.3. The van der Waals surface area contributed by atoms with Gasteiger partial charge in [-0.3, -0.25) is 4.79 Å². The Balaban J connectivity index is 1.76. The summed E-state index contributed by atoms with van der Waals surface area (Å²) < 4.78 is 11.4. The molecule has 0 saturated heterocycles. The van der Waals surface area contributed by atoms with Gasteiger partial charge in [0.05, 0.1) is 25.4 Å². The first-order valence-electron chi connectivity index (χ1n) is 8.32. The number of hydrogen-bond donors (Lipinski definition) is 1. The summed E-state index contributed by atoms with van der Waals surface area (Å²) in [5.41, 5.74) is 2.30. The van der Waals surface area contributed by atoms with Gasteiger partial charge in [-0.2, -0.15) is 0 Å². The van der Waals surface area contributed by atoms with Crippen LogP contribution in [0.4, 0.5) is 5.69 Å². The molecule has 5 nitrogen and oxygen atoms in total. The maximum atomic E-state index is 12.3. The number of para-hydroxylation sites is 2. The fourth-order valence-corrected chi connectivity index (χ4v) is 2.92. The molecular formula is C18H24N2O3. The molecule has 124 valence electrons. The molecule has 1 atom stereocenters. The van der Waals surface area contributed by atoms with Crippen molar-refractivity contribution in [2.75, 3.05) is 37.7 Å². The lowest BCUT2D eigenvalue weighted by Gasteiger charge is -2.36. The van der Waals surface area contributed by atoms with Gasteiger partial charge in [0.1, 0.15) is 5.75 Å². The molecule has 0 fully saturated rings. The smallest absolute Gasteiger partial charge is 0.262 e. The molecule has 2 heterocycles. The highest BCUT2D eigenvalue weighted by Crippen LogP contribution is 2.33. The minimum Gasteiger partial charge on any atom is -0.477 e. The van der Waals surface area contributed by atoms with E-state index in [9.17, 15) is 4.79 Å². The molecule has 2 aliphatic rings. The Morgan fingerprint density at radius 2 is 2.26 bits per heavy atom. The van der Waals surface area contributed by atoms with Crippen molar-refractivity contribution in [1.82, 2.24) is 5.32 Å². The molecule has 0 radical (unpaired) electrons. The first-order valence-corrected chi connectivity index (χ1v) is 8.32. The Morgan fingerprint density at radius 3 is 3.04 bits per heavy atom. The molecule has 1 aromatic carbocycles. The minimum absolute atomic E-state index is 0.0415. The van der Waals surface area contributed by atoms with E-state index in [4.69, 9.17) is 9.47 Å². The largest absolute Gasteiger partial charge is 0.477 e. The molecule has 1 amide bonds. The Hall–Kier alpha value is -2.01. The minimum atomic E-state index is -0.471. The van der Waals surface area contributed by atoms with E-state index in [1.54, 1.807) is 0 Å². The van der Waals surface area contributed by atoms with E-state index < -0.39 is 6.10 Å². The predicted octanol–water partition coefficient (Wildman–Crippen LogP) is 2.13. The van der Waals surface area contributed by atoms with E-state index in [2.05, 4.69) is 16.3 Å². The van der Waals surface area contributed by atoms with Crippen LogP contribution in [0.1, 0.15) is 19.8 Å². The summed E-state index contributed by atoms with van der Waals surface area (Å²) in [5.74, 6) is 0.730. The van der Waals surface area contributed by atoms with Gasteiger partial charge < -0.3 is 19.7 Å². The van der Waals surface area contributed by atoms with Crippen LogP contribution in [0.2, 0.25) is 0 Å². The zero-order valence-corrected chi connectivity index (χ0v) is 13.6. The molecule has 0 aromatic heterocycles. The summed E-state index contributed by atoms with van der Waals surface area (Å²) in [6.07, 6.45) is 3.65.